The lowest BCUT2D eigenvalue weighted by Crippen LogP contribution is -2.57. The van der Waals surface area contributed by atoms with E-state index in [0.29, 0.717) is 5.69 Å². The Morgan fingerprint density at radius 3 is 2.35 bits per heavy atom. The first-order chi connectivity index (χ1) is 12.2. The molecule has 0 aliphatic carbocycles. The summed E-state index contributed by atoms with van der Waals surface area (Å²) in [6, 6.07) is -3.33. The molecule has 12 nitrogen and oxygen atoms in total. The molecule has 0 aliphatic rings. The van der Waals surface area contributed by atoms with Crippen LogP contribution in [-0.2, 0) is 25.6 Å². The van der Waals surface area contributed by atoms with Gasteiger partial charge in [-0.1, -0.05) is 0 Å². The highest BCUT2D eigenvalue weighted by Crippen LogP contribution is 2.00. The van der Waals surface area contributed by atoms with Gasteiger partial charge in [0.1, 0.15) is 18.6 Å². The van der Waals surface area contributed by atoms with Crippen molar-refractivity contribution in [1.82, 2.24) is 25.9 Å². The molecule has 0 aromatic carbocycles. The quantitative estimate of drug-likeness (QED) is 0.219. The maximum atomic E-state index is 12.4. The van der Waals surface area contributed by atoms with Crippen molar-refractivity contribution >= 4 is 23.7 Å². The lowest BCUT2D eigenvalue weighted by Gasteiger charge is -2.22. The Hall–Kier alpha value is -2.99. The summed E-state index contributed by atoms with van der Waals surface area (Å²) < 4.78 is 0. The van der Waals surface area contributed by atoms with Crippen LogP contribution in [-0.4, -0.2) is 75.1 Å². The van der Waals surface area contributed by atoms with E-state index >= 15 is 0 Å². The van der Waals surface area contributed by atoms with E-state index in [1.54, 1.807) is 0 Å². The maximum absolute atomic E-state index is 12.4. The molecule has 3 atom stereocenters. The average Bonchev–Trinajstić information content (AvgIpc) is 3.09. The molecule has 1 aromatic heterocycles. The van der Waals surface area contributed by atoms with Gasteiger partial charge >= 0.3 is 5.97 Å². The van der Waals surface area contributed by atoms with Crippen LogP contribution < -0.4 is 21.7 Å². The van der Waals surface area contributed by atoms with Crippen LogP contribution in [0.4, 0.5) is 0 Å². The minimum atomic E-state index is -1.38. The molecule has 1 heterocycles. The number of rotatable bonds is 10. The van der Waals surface area contributed by atoms with Crippen molar-refractivity contribution in [3.8, 4) is 0 Å². The highest BCUT2D eigenvalue weighted by Gasteiger charge is 2.27. The molecular weight excluding hydrogens is 348 g/mol. The van der Waals surface area contributed by atoms with Crippen molar-refractivity contribution in [1.29, 1.82) is 0 Å². The number of aromatic nitrogens is 2. The van der Waals surface area contributed by atoms with Gasteiger partial charge in [0, 0.05) is 18.3 Å². The Balaban J connectivity index is 2.79. The lowest BCUT2D eigenvalue weighted by atomic mass is 10.1. The number of aliphatic hydroxyl groups is 1. The fourth-order valence-electron chi connectivity index (χ4n) is 1.88. The number of hydrogen-bond donors (Lipinski definition) is 7. The summed E-state index contributed by atoms with van der Waals surface area (Å²) in [7, 11) is 0. The molecule has 0 spiro atoms. The third-order valence-corrected chi connectivity index (χ3v) is 3.25. The predicted octanol–water partition coefficient (Wildman–Crippen LogP) is -3.54. The minimum Gasteiger partial charge on any atom is -0.480 e. The van der Waals surface area contributed by atoms with Crippen LogP contribution >= 0.6 is 0 Å². The molecule has 1 rings (SSSR count). The Morgan fingerprint density at radius 1 is 1.19 bits per heavy atom. The number of carboxylic acid groups (broad SMARTS) is 1. The maximum Gasteiger partial charge on any atom is 0.322 e. The summed E-state index contributed by atoms with van der Waals surface area (Å²) in [5, 5.41) is 24.6. The molecule has 0 aliphatic heterocycles. The van der Waals surface area contributed by atoms with Gasteiger partial charge in [0.15, 0.2) is 0 Å². The molecule has 0 bridgehead atoms. The highest BCUT2D eigenvalue weighted by molar-refractivity contribution is 5.93. The molecule has 0 radical (unpaired) electrons. The molecule has 3 amide bonds. The summed E-state index contributed by atoms with van der Waals surface area (Å²) in [5.74, 6) is -3.48. The smallest absolute Gasteiger partial charge is 0.322 e. The van der Waals surface area contributed by atoms with E-state index in [-0.39, 0.29) is 6.42 Å². The number of H-pyrrole nitrogens is 1. The number of aromatic amines is 1. The number of hydrogen-bond acceptors (Lipinski definition) is 7. The van der Waals surface area contributed by atoms with Gasteiger partial charge in [-0.15, -0.1) is 0 Å². The number of nitrogens with two attached hydrogens (primary N) is 1. The molecule has 0 saturated heterocycles. The van der Waals surface area contributed by atoms with Crippen molar-refractivity contribution in [2.45, 2.75) is 31.5 Å². The van der Waals surface area contributed by atoms with Crippen LogP contribution in [0, 0.1) is 0 Å². The zero-order chi connectivity index (χ0) is 19.7. The monoisotopic (exact) mass is 370 g/mol. The third-order valence-electron chi connectivity index (χ3n) is 3.25. The molecular formula is C14H22N6O6. The second-order valence-electron chi connectivity index (χ2n) is 5.49. The zero-order valence-corrected chi connectivity index (χ0v) is 14.1. The molecule has 12 heteroatoms. The Labute approximate surface area is 148 Å². The van der Waals surface area contributed by atoms with Crippen LogP contribution in [0.2, 0.25) is 0 Å². The Bertz CT molecular complexity index is 632. The molecule has 0 fully saturated rings. The number of amides is 3. The molecule has 144 valence electrons. The van der Waals surface area contributed by atoms with Gasteiger partial charge in [-0.25, -0.2) is 4.98 Å². The van der Waals surface area contributed by atoms with Crippen molar-refractivity contribution in [2.75, 3.05) is 13.2 Å². The summed E-state index contributed by atoms with van der Waals surface area (Å²) in [6.45, 7) is 0.0236. The average molecular weight is 370 g/mol. The summed E-state index contributed by atoms with van der Waals surface area (Å²) >= 11 is 0. The number of imidazole rings is 1. The van der Waals surface area contributed by atoms with Gasteiger partial charge in [0.05, 0.1) is 19.0 Å². The van der Waals surface area contributed by atoms with Crippen LogP contribution in [0.15, 0.2) is 12.5 Å². The van der Waals surface area contributed by atoms with Gasteiger partial charge in [-0.2, -0.15) is 0 Å². The second-order valence-corrected chi connectivity index (χ2v) is 5.49. The SMILES string of the molecule is CC(N)C(=O)NC(Cc1cnc[nH]1)C(=O)NC(CO)C(=O)NCC(=O)O. The lowest BCUT2D eigenvalue weighted by molar-refractivity contribution is -0.138. The number of aliphatic carboxylic acids is 1. The van der Waals surface area contributed by atoms with Crippen LogP contribution in [0.1, 0.15) is 12.6 Å². The van der Waals surface area contributed by atoms with E-state index in [1.807, 2.05) is 5.32 Å². The first-order valence-corrected chi connectivity index (χ1v) is 7.68. The fraction of sp³-hybridized carbons (Fsp3) is 0.500. The molecule has 26 heavy (non-hydrogen) atoms. The normalized spacial score (nSPS) is 14.0. The summed E-state index contributed by atoms with van der Waals surface area (Å²) in [5.41, 5.74) is 6.02. The zero-order valence-electron chi connectivity index (χ0n) is 14.1. The number of aliphatic hydroxyl groups excluding tert-OH is 1. The topological polar surface area (TPSA) is 200 Å². The van der Waals surface area contributed by atoms with Gasteiger partial charge < -0.3 is 36.9 Å². The largest absolute Gasteiger partial charge is 0.480 e. The van der Waals surface area contributed by atoms with Crippen molar-refractivity contribution in [3.63, 3.8) is 0 Å². The number of carboxylic acids is 1. The number of carbonyl (C=O) groups is 4. The van der Waals surface area contributed by atoms with E-state index < -0.39 is 55.0 Å². The molecule has 1 aromatic rings. The Morgan fingerprint density at radius 2 is 1.85 bits per heavy atom. The van der Waals surface area contributed by atoms with Gasteiger partial charge in [-0.3, -0.25) is 19.2 Å². The van der Waals surface area contributed by atoms with Crippen molar-refractivity contribution < 1.29 is 29.4 Å². The van der Waals surface area contributed by atoms with Crippen LogP contribution in [0.3, 0.4) is 0 Å². The first-order valence-electron chi connectivity index (χ1n) is 7.68. The molecule has 8 N–H and O–H groups in total. The van der Waals surface area contributed by atoms with Crippen molar-refractivity contribution in [2.24, 2.45) is 5.73 Å². The van der Waals surface area contributed by atoms with Crippen LogP contribution in [0.25, 0.3) is 0 Å². The van der Waals surface area contributed by atoms with E-state index in [4.69, 9.17) is 10.8 Å². The van der Waals surface area contributed by atoms with Gasteiger partial charge in [-0.05, 0) is 6.92 Å². The predicted molar refractivity (Wildman–Crippen MR) is 87.5 cm³/mol. The number of nitrogens with one attached hydrogen (secondary N) is 4. The third kappa shape index (κ3) is 6.86. The minimum absolute atomic E-state index is 0.0409. The summed E-state index contributed by atoms with van der Waals surface area (Å²) in [4.78, 5) is 53.1. The van der Waals surface area contributed by atoms with E-state index in [0.717, 1.165) is 0 Å². The second kappa shape index (κ2) is 10.1. The Kier molecular flexibility index (Phi) is 8.18. The van der Waals surface area contributed by atoms with E-state index in [9.17, 15) is 24.3 Å². The fourth-order valence-corrected chi connectivity index (χ4v) is 1.88. The summed E-state index contributed by atoms with van der Waals surface area (Å²) in [6.07, 6.45) is 2.90. The van der Waals surface area contributed by atoms with Crippen LogP contribution in [0.5, 0.6) is 0 Å². The standard InChI is InChI=1S/C14H22N6O6/c1-7(15)12(24)19-9(2-8-3-16-6-18-8)14(26)20-10(5-21)13(25)17-4-11(22)23/h3,6-7,9-10,21H,2,4-5,15H2,1H3,(H,16,18)(H,17,25)(H,19,24)(H,20,26)(H,22,23). The highest BCUT2D eigenvalue weighted by atomic mass is 16.4. The van der Waals surface area contributed by atoms with Gasteiger partial charge in [0.25, 0.3) is 0 Å². The number of nitrogens with zero attached hydrogens (tertiary/aromatic N) is 1. The van der Waals surface area contributed by atoms with Gasteiger partial charge in [0.2, 0.25) is 17.7 Å². The molecule has 0 saturated carbocycles. The molecule has 3 unspecified atom stereocenters. The van der Waals surface area contributed by atoms with E-state index in [1.165, 1.54) is 19.4 Å². The van der Waals surface area contributed by atoms with E-state index in [2.05, 4.69) is 20.6 Å². The van der Waals surface area contributed by atoms with Crippen molar-refractivity contribution in [3.05, 3.63) is 18.2 Å². The first kappa shape index (κ1) is 21.1. The number of carbonyl (C=O) groups excluding carboxylic acids is 3.